The van der Waals surface area contributed by atoms with Gasteiger partial charge in [0.05, 0.1) is 0 Å². The number of hydrogen-bond acceptors (Lipinski definition) is 1. The first-order chi connectivity index (χ1) is 3.41. The van der Waals surface area contributed by atoms with E-state index in [1.165, 1.54) is 7.05 Å². The van der Waals surface area contributed by atoms with Crippen LogP contribution in [0.5, 0.6) is 0 Å². The Hall–Kier alpha value is 0.680. The maximum atomic E-state index is 7.19. The van der Waals surface area contributed by atoms with Gasteiger partial charge in [-0.2, -0.15) is 0 Å². The Morgan fingerprint density at radius 1 is 0.900 bits per heavy atom. The van der Waals surface area contributed by atoms with Gasteiger partial charge < -0.3 is 0 Å². The molecule has 0 atom stereocenters. The molecule has 2 nitrogen and oxygen atoms in total. The predicted octanol–water partition coefficient (Wildman–Crippen LogP) is 3.79. The molecule has 0 aromatic rings. The van der Waals surface area contributed by atoms with Crippen LogP contribution >= 0.6 is 0 Å². The summed E-state index contributed by atoms with van der Waals surface area (Å²) in [6, 6.07) is 0. The third kappa shape index (κ3) is 1110. The van der Waals surface area contributed by atoms with Crippen molar-refractivity contribution in [3.05, 3.63) is 4.98 Å². The van der Waals surface area contributed by atoms with Crippen LogP contribution in [0.1, 0.15) is 42.5 Å². The van der Waals surface area contributed by atoms with Crippen molar-refractivity contribution < 1.29 is 37.7 Å². The minimum Gasteiger partial charge on any atom is -0.0776 e. The van der Waals surface area contributed by atoms with E-state index < -0.39 is 0 Å². The molecule has 0 unspecified atom stereocenters. The SMILES string of the molecule is C.C.CC.CC.C[N+]#N.[Ar]. The summed E-state index contributed by atoms with van der Waals surface area (Å²) in [7, 11) is 1.31. The van der Waals surface area contributed by atoms with Crippen LogP contribution in [0, 0.1) is 43.1 Å². The van der Waals surface area contributed by atoms with Gasteiger partial charge in [0.2, 0.25) is 5.39 Å². The monoisotopic (exact) mass is 175 g/mol. The second-order valence-electron chi connectivity index (χ2n) is 0.200. The van der Waals surface area contributed by atoms with Crippen molar-refractivity contribution in [2.75, 3.05) is 7.05 Å². The Bertz CT molecular complexity index is 33.1. The maximum Gasteiger partial charge on any atom is 0.296 e. The number of nitrogens with zero attached hydrogens (tertiary/aromatic N) is 2. The molecular weight excluding hydrogens is 152 g/mol. The summed E-state index contributed by atoms with van der Waals surface area (Å²) in [4.78, 5) is 2.50. The minimum absolute atomic E-state index is 0. The molecule has 0 aliphatic carbocycles. The van der Waals surface area contributed by atoms with Crippen molar-refractivity contribution in [1.29, 1.82) is 5.39 Å². The van der Waals surface area contributed by atoms with E-state index in [4.69, 9.17) is 5.39 Å². The molecule has 0 rings (SSSR count). The second kappa shape index (κ2) is 258. The maximum absolute atomic E-state index is 7.19. The van der Waals surface area contributed by atoms with Gasteiger partial charge in [-0.1, -0.05) is 42.5 Å². The van der Waals surface area contributed by atoms with Crippen LogP contribution in [-0.2, 0) is 0 Å². The zero-order valence-corrected chi connectivity index (χ0v) is 6.96. The molecular formula is C7H23ArN2+. The zero-order valence-electron chi connectivity index (χ0n) is 6.25. The van der Waals surface area contributed by atoms with E-state index in [9.17, 15) is 0 Å². The van der Waals surface area contributed by atoms with Gasteiger partial charge in [0.25, 0.3) is 7.05 Å². The summed E-state index contributed by atoms with van der Waals surface area (Å²) in [6.07, 6.45) is 0. The van der Waals surface area contributed by atoms with Crippen LogP contribution in [0.3, 0.4) is 0 Å². The molecule has 0 spiro atoms. The predicted molar refractivity (Wildman–Crippen MR) is 47.2 cm³/mol. The summed E-state index contributed by atoms with van der Waals surface area (Å²) >= 11 is 0. The molecule has 10 heavy (non-hydrogen) atoms. The summed E-state index contributed by atoms with van der Waals surface area (Å²) in [5.41, 5.74) is 0. The molecule has 68 valence electrons. The zero-order chi connectivity index (χ0) is 6.71. The molecule has 0 aromatic carbocycles. The molecule has 0 aliphatic heterocycles. The number of hydrogen-bond donors (Lipinski definition) is 0. The fourth-order valence-electron chi connectivity index (χ4n) is 0. The smallest absolute Gasteiger partial charge is 0.0776 e. The van der Waals surface area contributed by atoms with Crippen LogP contribution in [0.4, 0.5) is 0 Å². The van der Waals surface area contributed by atoms with Crippen LogP contribution in [0.15, 0.2) is 0 Å². The van der Waals surface area contributed by atoms with Crippen LogP contribution in [0.2, 0.25) is 0 Å². The van der Waals surface area contributed by atoms with Crippen molar-refractivity contribution in [2.24, 2.45) is 0 Å². The van der Waals surface area contributed by atoms with Crippen molar-refractivity contribution in [3.8, 4) is 0 Å². The molecule has 0 amide bonds. The van der Waals surface area contributed by atoms with Gasteiger partial charge in [-0.3, -0.25) is 0 Å². The average Bonchev–Trinajstić information content (AvgIpc) is 1.78. The normalized spacial score (nSPS) is 2.00. The van der Waals surface area contributed by atoms with Crippen molar-refractivity contribution >= 4 is 0 Å². The average molecular weight is 175 g/mol. The van der Waals surface area contributed by atoms with Gasteiger partial charge in [0.1, 0.15) is 4.98 Å². The Morgan fingerprint density at radius 2 is 0.900 bits per heavy atom. The topological polar surface area (TPSA) is 28.1 Å². The molecule has 0 radical (unpaired) electrons. The minimum atomic E-state index is 0. The number of rotatable bonds is 0. The molecule has 0 fully saturated rings. The van der Waals surface area contributed by atoms with Gasteiger partial charge in [0, 0.05) is 37.7 Å². The van der Waals surface area contributed by atoms with E-state index in [2.05, 4.69) is 4.98 Å². The van der Waals surface area contributed by atoms with Gasteiger partial charge in [0.15, 0.2) is 0 Å². The molecule has 0 heterocycles. The van der Waals surface area contributed by atoms with Crippen molar-refractivity contribution in [2.45, 2.75) is 42.5 Å². The summed E-state index contributed by atoms with van der Waals surface area (Å²) < 4.78 is 0. The summed E-state index contributed by atoms with van der Waals surface area (Å²) in [5.74, 6) is 0. The van der Waals surface area contributed by atoms with E-state index in [-0.39, 0.29) is 52.6 Å². The van der Waals surface area contributed by atoms with Crippen LogP contribution in [0.25, 0.3) is 4.98 Å². The Labute approximate surface area is 97.0 Å². The Balaban J connectivity index is -0.00000000536. The van der Waals surface area contributed by atoms with Crippen molar-refractivity contribution in [1.82, 2.24) is 0 Å². The molecule has 0 N–H and O–H groups in total. The molecule has 0 saturated carbocycles. The quantitative estimate of drug-likeness (QED) is 0.515. The van der Waals surface area contributed by atoms with Crippen LogP contribution in [-0.4, -0.2) is 7.05 Å². The standard InChI is InChI=1S/2C2H6.CH3N2.2CH4.Ar/c2*1-2;1-3-2;;;/h2*1-2H3;1H3;2*1H4;/q;;+1;;;. The van der Waals surface area contributed by atoms with Gasteiger partial charge in [-0.25, -0.2) is 0 Å². The fraction of sp³-hybridized carbons (Fsp3) is 1.00. The first-order valence-electron chi connectivity index (χ1n) is 2.65. The Morgan fingerprint density at radius 3 is 0.900 bits per heavy atom. The third-order valence-corrected chi connectivity index (χ3v) is 0. The molecule has 0 aliphatic rings. The van der Waals surface area contributed by atoms with E-state index in [1.807, 2.05) is 27.7 Å². The number of diazo groups is 1. The first-order valence-corrected chi connectivity index (χ1v) is 2.65. The third-order valence-electron chi connectivity index (χ3n) is 0. The van der Waals surface area contributed by atoms with Gasteiger partial charge in [-0.15, -0.1) is 0 Å². The second-order valence-corrected chi connectivity index (χ2v) is 0.200. The Kier molecular flexibility index (Phi) is 1180. The fourth-order valence-corrected chi connectivity index (χ4v) is 0. The van der Waals surface area contributed by atoms with Crippen molar-refractivity contribution in [3.63, 3.8) is 0 Å². The van der Waals surface area contributed by atoms with Crippen LogP contribution < -0.4 is 0 Å². The van der Waals surface area contributed by atoms with Gasteiger partial charge >= 0.3 is 0 Å². The van der Waals surface area contributed by atoms with E-state index in [0.29, 0.717) is 0 Å². The van der Waals surface area contributed by atoms with Gasteiger partial charge in [-0.05, 0) is 0 Å². The summed E-state index contributed by atoms with van der Waals surface area (Å²) in [6.45, 7) is 8.00. The van der Waals surface area contributed by atoms with E-state index in [1.54, 1.807) is 0 Å². The molecule has 3 heteroatoms. The largest absolute Gasteiger partial charge is 0.296 e. The summed E-state index contributed by atoms with van der Waals surface area (Å²) in [5, 5.41) is 7.19. The molecule has 0 bridgehead atoms. The first kappa shape index (κ1) is 45.7. The molecule has 0 aromatic heterocycles. The van der Waals surface area contributed by atoms with E-state index in [0.717, 1.165) is 0 Å². The van der Waals surface area contributed by atoms with E-state index >= 15 is 0 Å². The molecule has 0 saturated heterocycles.